The molecule has 0 aliphatic heterocycles. The quantitative estimate of drug-likeness (QED) is 0.154. The Kier molecular flexibility index (Phi) is 10.7. The number of hydrogen-bond donors (Lipinski definition) is 0. The van der Waals surface area contributed by atoms with Gasteiger partial charge in [-0.3, -0.25) is 19.9 Å². The first-order valence-corrected chi connectivity index (χ1v) is 28.5. The van der Waals surface area contributed by atoms with E-state index in [1.807, 2.05) is 13.8 Å². The van der Waals surface area contributed by atoms with Crippen molar-refractivity contribution < 1.29 is 0 Å². The molecular weight excluding hydrogens is 921 g/mol. The zero-order valence-electron chi connectivity index (χ0n) is 49.0. The van der Waals surface area contributed by atoms with Crippen molar-refractivity contribution in [3.05, 3.63) is 154 Å². The Balaban J connectivity index is 0.000000154. The molecule has 4 aliphatic carbocycles. The fourth-order valence-electron chi connectivity index (χ4n) is 16.9. The Morgan fingerprint density at radius 1 is 0.303 bits per heavy atom. The van der Waals surface area contributed by atoms with E-state index in [0.717, 1.165) is 47.8 Å². The van der Waals surface area contributed by atoms with E-state index in [1.54, 1.807) is 0 Å². The molecular formula is C72H80N4. The van der Waals surface area contributed by atoms with Crippen molar-refractivity contribution in [1.82, 2.24) is 19.9 Å². The predicted octanol–water partition coefficient (Wildman–Crippen LogP) is 19.6. The van der Waals surface area contributed by atoms with E-state index in [4.69, 9.17) is 19.9 Å². The van der Waals surface area contributed by atoms with E-state index >= 15 is 0 Å². The number of benzene rings is 6. The average molecular weight is 1000 g/mol. The molecule has 76 heavy (non-hydrogen) atoms. The van der Waals surface area contributed by atoms with E-state index in [-0.39, 0.29) is 43.3 Å². The number of hydrogen-bond acceptors (Lipinski definition) is 4. The fourth-order valence-corrected chi connectivity index (χ4v) is 16.9. The van der Waals surface area contributed by atoms with Gasteiger partial charge in [0.2, 0.25) is 0 Å². The third kappa shape index (κ3) is 7.27. The molecule has 4 nitrogen and oxygen atoms in total. The molecule has 388 valence electrons. The van der Waals surface area contributed by atoms with Crippen molar-refractivity contribution in [3.8, 4) is 11.1 Å². The number of rotatable bonds is 1. The molecule has 10 aromatic rings. The third-order valence-corrected chi connectivity index (χ3v) is 18.9. The van der Waals surface area contributed by atoms with E-state index in [9.17, 15) is 0 Å². The summed E-state index contributed by atoms with van der Waals surface area (Å²) < 4.78 is 0. The average Bonchev–Trinajstić information content (AvgIpc) is 4.07. The van der Waals surface area contributed by atoms with Gasteiger partial charge in [0.15, 0.2) is 0 Å². The van der Waals surface area contributed by atoms with Crippen LogP contribution in [0.4, 0.5) is 0 Å². The third-order valence-electron chi connectivity index (χ3n) is 18.9. The van der Waals surface area contributed by atoms with Gasteiger partial charge in [-0.05, 0) is 138 Å². The molecule has 4 aromatic heterocycles. The maximum Gasteiger partial charge on any atom is 0.0784 e. The molecule has 0 spiro atoms. The van der Waals surface area contributed by atoms with Crippen LogP contribution < -0.4 is 0 Å². The molecule has 0 unspecified atom stereocenters. The van der Waals surface area contributed by atoms with Gasteiger partial charge in [-0.1, -0.05) is 197 Å². The predicted molar refractivity (Wildman–Crippen MR) is 326 cm³/mol. The standard InChI is InChI=1S/C40H40N2.C30H34N2.C2H6/c1-37(2)21-39(5,6)35-31(37)19-23-17-29(25-13-9-11-15-27(25)33(23)41-35)30-18-24-20-32-36(40(7,8)22-38(32,3)4)42-34(24)28-16-12-10-14-26(28)30;1-27(2)15-29(5,6)23-19-11-9-18-17(25(19)31-13-21(23)27)10-12-20-24-22(14-32-26(18)20)28(3,4)16-30(24,7)8;1-2/h9-20H,21-22H2,1-8H3;9-14H,15-16H2,1-8H3;1-2H3. The summed E-state index contributed by atoms with van der Waals surface area (Å²) in [5.41, 5.74) is 19.1. The lowest BCUT2D eigenvalue weighted by Gasteiger charge is -2.23. The Bertz CT molecular complexity index is 3870. The number of nitrogens with zero attached hydrogens (tertiary/aromatic N) is 4. The molecule has 0 atom stereocenters. The minimum Gasteiger partial charge on any atom is -0.255 e. The van der Waals surface area contributed by atoms with Crippen LogP contribution in [0, 0.1) is 0 Å². The molecule has 0 saturated heterocycles. The monoisotopic (exact) mass is 1000 g/mol. The molecule has 14 rings (SSSR count). The maximum absolute atomic E-state index is 5.44. The van der Waals surface area contributed by atoms with Crippen LogP contribution in [-0.2, 0) is 43.3 Å². The molecule has 0 amide bonds. The molecule has 0 N–H and O–H groups in total. The highest BCUT2D eigenvalue weighted by Gasteiger charge is 2.47. The van der Waals surface area contributed by atoms with Crippen LogP contribution in [-0.4, -0.2) is 19.9 Å². The lowest BCUT2D eigenvalue weighted by Crippen LogP contribution is -2.18. The molecule has 4 aliphatic rings. The van der Waals surface area contributed by atoms with Crippen LogP contribution in [0.5, 0.6) is 0 Å². The Morgan fingerprint density at radius 3 is 0.974 bits per heavy atom. The highest BCUT2D eigenvalue weighted by atomic mass is 14.8. The van der Waals surface area contributed by atoms with Crippen LogP contribution in [0.3, 0.4) is 0 Å². The van der Waals surface area contributed by atoms with E-state index in [0.29, 0.717) is 0 Å². The highest BCUT2D eigenvalue weighted by Crippen LogP contribution is 2.56. The number of aromatic nitrogens is 4. The summed E-state index contributed by atoms with van der Waals surface area (Å²) in [5.74, 6) is 0. The Labute approximate surface area is 452 Å². The summed E-state index contributed by atoms with van der Waals surface area (Å²) in [4.78, 5) is 21.0. The van der Waals surface area contributed by atoms with Gasteiger partial charge < -0.3 is 0 Å². The van der Waals surface area contributed by atoms with E-state index in [1.165, 1.54) is 110 Å². The summed E-state index contributed by atoms with van der Waals surface area (Å²) in [6, 6.07) is 36.7. The molecule has 4 heterocycles. The van der Waals surface area contributed by atoms with Gasteiger partial charge in [-0.25, -0.2) is 0 Å². The first-order valence-electron chi connectivity index (χ1n) is 28.5. The van der Waals surface area contributed by atoms with Crippen LogP contribution in [0.1, 0.15) is 195 Å². The van der Waals surface area contributed by atoms with Crippen molar-refractivity contribution in [3.63, 3.8) is 0 Å². The van der Waals surface area contributed by atoms with E-state index < -0.39 is 0 Å². The topological polar surface area (TPSA) is 51.6 Å². The summed E-state index contributed by atoms with van der Waals surface area (Å²) in [6.45, 7) is 41.9. The molecule has 0 radical (unpaired) electrons. The summed E-state index contributed by atoms with van der Waals surface area (Å²) in [6.07, 6.45) is 8.84. The molecule has 0 saturated carbocycles. The molecule has 0 bridgehead atoms. The minimum absolute atomic E-state index is 0.0664. The molecule has 6 aromatic carbocycles. The second-order valence-corrected chi connectivity index (χ2v) is 28.7. The lowest BCUT2D eigenvalue weighted by atomic mass is 9.81. The SMILES string of the molecule is CC.CC1(C)CC(C)(C)c2c1cnc1c2ccc2c1ccc1c3c(cnc12)C(C)(C)CC3(C)C.CC1(C)CC(C)(C)c2nc3c(cc21)cc(-c1cc2cc4c(nc2c2ccccc12)C(C)(C)CC4(C)C)c1ccccc13. The van der Waals surface area contributed by atoms with Gasteiger partial charge >= 0.3 is 0 Å². The van der Waals surface area contributed by atoms with Crippen molar-refractivity contribution in [2.75, 3.05) is 0 Å². The number of pyridine rings is 4. The second-order valence-electron chi connectivity index (χ2n) is 28.7. The van der Waals surface area contributed by atoms with Gasteiger partial charge in [0.25, 0.3) is 0 Å². The fraction of sp³-hybridized carbons (Fsp3) is 0.417. The van der Waals surface area contributed by atoms with E-state index in [2.05, 4.69) is 220 Å². The van der Waals surface area contributed by atoms with Gasteiger partial charge in [0.1, 0.15) is 0 Å². The zero-order valence-corrected chi connectivity index (χ0v) is 49.0. The largest absolute Gasteiger partial charge is 0.255 e. The van der Waals surface area contributed by atoms with Crippen molar-refractivity contribution in [2.45, 2.75) is 194 Å². The van der Waals surface area contributed by atoms with Crippen molar-refractivity contribution in [1.29, 1.82) is 0 Å². The van der Waals surface area contributed by atoms with Crippen LogP contribution >= 0.6 is 0 Å². The maximum atomic E-state index is 5.44. The highest BCUT2D eigenvalue weighted by molar-refractivity contribution is 6.19. The Morgan fingerprint density at radius 2 is 0.605 bits per heavy atom. The first kappa shape index (κ1) is 50.6. The van der Waals surface area contributed by atoms with Gasteiger partial charge in [-0.15, -0.1) is 0 Å². The van der Waals surface area contributed by atoms with Crippen LogP contribution in [0.2, 0.25) is 0 Å². The zero-order chi connectivity index (χ0) is 54.2. The summed E-state index contributed by atoms with van der Waals surface area (Å²) >= 11 is 0. The first-order chi connectivity index (χ1) is 35.6. The smallest absolute Gasteiger partial charge is 0.0784 e. The molecule has 4 heteroatoms. The Hall–Kier alpha value is -6.26. The molecule has 0 fully saturated rings. The second kappa shape index (κ2) is 16.2. The number of fused-ring (bicyclic) bond motifs is 17. The van der Waals surface area contributed by atoms with Crippen LogP contribution in [0.15, 0.2) is 109 Å². The van der Waals surface area contributed by atoms with Crippen molar-refractivity contribution >= 4 is 75.9 Å². The van der Waals surface area contributed by atoms with Crippen molar-refractivity contribution in [2.24, 2.45) is 0 Å². The van der Waals surface area contributed by atoms with Gasteiger partial charge in [0.05, 0.1) is 33.5 Å². The van der Waals surface area contributed by atoms with Crippen LogP contribution in [0.25, 0.3) is 87.1 Å². The normalized spacial score (nSPS) is 20.1. The lowest BCUT2D eigenvalue weighted by molar-refractivity contribution is 0.399. The summed E-state index contributed by atoms with van der Waals surface area (Å²) in [5, 5.41) is 12.5. The summed E-state index contributed by atoms with van der Waals surface area (Å²) in [7, 11) is 0. The minimum atomic E-state index is 0.0664. The van der Waals surface area contributed by atoms with Gasteiger partial charge in [0, 0.05) is 66.3 Å². The van der Waals surface area contributed by atoms with Gasteiger partial charge in [-0.2, -0.15) is 0 Å².